The normalized spacial score (nSPS) is 19.9. The Labute approximate surface area is 120 Å². The van der Waals surface area contributed by atoms with E-state index in [1.54, 1.807) is 0 Å². The van der Waals surface area contributed by atoms with E-state index < -0.39 is 0 Å². The van der Waals surface area contributed by atoms with Crippen LogP contribution in [0, 0.1) is 0 Å². The summed E-state index contributed by atoms with van der Waals surface area (Å²) in [7, 11) is 0. The number of ether oxygens (including phenoxy) is 1. The molecule has 1 aliphatic heterocycles. The molecule has 1 aliphatic rings. The van der Waals surface area contributed by atoms with Crippen molar-refractivity contribution in [3.8, 4) is 0 Å². The number of nitrogens with zero attached hydrogens (tertiary/aromatic N) is 2. The van der Waals surface area contributed by atoms with Gasteiger partial charge in [-0.3, -0.25) is 9.88 Å². The lowest BCUT2D eigenvalue weighted by Gasteiger charge is -2.33. The van der Waals surface area contributed by atoms with E-state index in [0.717, 1.165) is 32.7 Å². The lowest BCUT2D eigenvalue weighted by Crippen LogP contribution is -2.42. The molecule has 3 rings (SSSR count). The van der Waals surface area contributed by atoms with Crippen molar-refractivity contribution in [3.63, 3.8) is 0 Å². The van der Waals surface area contributed by atoms with E-state index in [1.807, 2.05) is 18.5 Å². The van der Waals surface area contributed by atoms with E-state index in [1.165, 1.54) is 11.1 Å². The van der Waals surface area contributed by atoms with E-state index in [9.17, 15) is 0 Å². The van der Waals surface area contributed by atoms with Crippen LogP contribution >= 0.6 is 0 Å². The van der Waals surface area contributed by atoms with Gasteiger partial charge in [-0.2, -0.15) is 0 Å². The number of morpholine rings is 1. The third-order valence-corrected chi connectivity index (χ3v) is 3.66. The number of rotatable bonds is 4. The first-order chi connectivity index (χ1) is 9.90. The van der Waals surface area contributed by atoms with Crippen LogP contribution in [0.5, 0.6) is 0 Å². The van der Waals surface area contributed by atoms with E-state index >= 15 is 0 Å². The van der Waals surface area contributed by atoms with E-state index in [-0.39, 0.29) is 0 Å². The molecule has 0 unspecified atom stereocenters. The number of pyridine rings is 1. The van der Waals surface area contributed by atoms with Crippen LogP contribution < -0.4 is 0 Å². The minimum Gasteiger partial charge on any atom is -0.375 e. The highest BCUT2D eigenvalue weighted by Crippen LogP contribution is 2.13. The van der Waals surface area contributed by atoms with Crippen LogP contribution in [0.1, 0.15) is 11.1 Å². The Morgan fingerprint density at radius 2 is 1.95 bits per heavy atom. The number of aromatic nitrogens is 1. The third kappa shape index (κ3) is 3.65. The summed E-state index contributed by atoms with van der Waals surface area (Å²) in [6.45, 7) is 3.77. The van der Waals surface area contributed by atoms with E-state index in [0.29, 0.717) is 6.10 Å². The number of hydrogen-bond acceptors (Lipinski definition) is 3. The molecule has 0 radical (unpaired) electrons. The van der Waals surface area contributed by atoms with Crippen molar-refractivity contribution in [2.75, 3.05) is 19.7 Å². The summed E-state index contributed by atoms with van der Waals surface area (Å²) >= 11 is 0. The topological polar surface area (TPSA) is 25.4 Å². The standard InChI is InChI=1S/C17H20N2O/c1-2-5-15(6-3-1)11-17-14-19(9-10-20-17)13-16-7-4-8-18-12-16/h1-8,12,17H,9-11,13-14H2/t17-/m0/s1. The molecule has 3 nitrogen and oxygen atoms in total. The molecule has 0 spiro atoms. The first-order valence-corrected chi connectivity index (χ1v) is 7.17. The van der Waals surface area contributed by atoms with Crippen LogP contribution in [0.4, 0.5) is 0 Å². The predicted octanol–water partition coefficient (Wildman–Crippen LogP) is 2.53. The second kappa shape index (κ2) is 6.64. The van der Waals surface area contributed by atoms with Gasteiger partial charge in [0.05, 0.1) is 12.7 Å². The summed E-state index contributed by atoms with van der Waals surface area (Å²) in [6, 6.07) is 14.7. The largest absolute Gasteiger partial charge is 0.375 e. The fourth-order valence-corrected chi connectivity index (χ4v) is 2.67. The Balaban J connectivity index is 1.57. The molecule has 2 heterocycles. The first-order valence-electron chi connectivity index (χ1n) is 7.17. The molecule has 0 bridgehead atoms. The van der Waals surface area contributed by atoms with Crippen molar-refractivity contribution in [3.05, 3.63) is 66.0 Å². The van der Waals surface area contributed by atoms with Crippen LogP contribution in [0.15, 0.2) is 54.9 Å². The van der Waals surface area contributed by atoms with Gasteiger partial charge in [0.15, 0.2) is 0 Å². The lowest BCUT2D eigenvalue weighted by atomic mass is 10.1. The van der Waals surface area contributed by atoms with Crippen molar-refractivity contribution in [2.45, 2.75) is 19.1 Å². The van der Waals surface area contributed by atoms with Gasteiger partial charge in [0.2, 0.25) is 0 Å². The molecule has 2 aromatic rings. The average Bonchev–Trinajstić information content (AvgIpc) is 2.50. The fraction of sp³-hybridized carbons (Fsp3) is 0.353. The van der Waals surface area contributed by atoms with Crippen LogP contribution in [-0.2, 0) is 17.7 Å². The summed E-state index contributed by atoms with van der Waals surface area (Å²) < 4.78 is 5.89. The van der Waals surface area contributed by atoms with Crippen molar-refractivity contribution >= 4 is 0 Å². The quantitative estimate of drug-likeness (QED) is 0.852. The monoisotopic (exact) mass is 268 g/mol. The number of hydrogen-bond donors (Lipinski definition) is 0. The Morgan fingerprint density at radius 1 is 1.10 bits per heavy atom. The average molecular weight is 268 g/mol. The molecule has 1 aromatic carbocycles. The van der Waals surface area contributed by atoms with Gasteiger partial charge in [-0.1, -0.05) is 36.4 Å². The second-order valence-electron chi connectivity index (χ2n) is 5.28. The molecular formula is C17H20N2O. The van der Waals surface area contributed by atoms with Crippen molar-refractivity contribution < 1.29 is 4.74 Å². The fourth-order valence-electron chi connectivity index (χ4n) is 2.67. The highest BCUT2D eigenvalue weighted by atomic mass is 16.5. The van der Waals surface area contributed by atoms with Gasteiger partial charge >= 0.3 is 0 Å². The van der Waals surface area contributed by atoms with E-state index in [4.69, 9.17) is 4.74 Å². The maximum Gasteiger partial charge on any atom is 0.0743 e. The van der Waals surface area contributed by atoms with Crippen LogP contribution in [0.2, 0.25) is 0 Å². The Kier molecular flexibility index (Phi) is 4.41. The van der Waals surface area contributed by atoms with Gasteiger partial charge in [0.1, 0.15) is 0 Å². The zero-order chi connectivity index (χ0) is 13.6. The maximum absolute atomic E-state index is 5.89. The SMILES string of the molecule is c1ccc(C[C@H]2CN(Cc3cccnc3)CCO2)cc1. The maximum atomic E-state index is 5.89. The minimum atomic E-state index is 0.294. The van der Waals surface area contributed by atoms with Gasteiger partial charge in [0.25, 0.3) is 0 Å². The van der Waals surface area contributed by atoms with Gasteiger partial charge in [-0.25, -0.2) is 0 Å². The second-order valence-corrected chi connectivity index (χ2v) is 5.28. The Morgan fingerprint density at radius 3 is 2.75 bits per heavy atom. The molecule has 20 heavy (non-hydrogen) atoms. The predicted molar refractivity (Wildman–Crippen MR) is 79.4 cm³/mol. The molecule has 0 N–H and O–H groups in total. The molecule has 0 saturated carbocycles. The molecule has 3 heteroatoms. The third-order valence-electron chi connectivity index (χ3n) is 3.66. The zero-order valence-corrected chi connectivity index (χ0v) is 11.6. The molecule has 1 fully saturated rings. The summed E-state index contributed by atoms with van der Waals surface area (Å²) in [4.78, 5) is 6.63. The van der Waals surface area contributed by atoms with E-state index in [2.05, 4.69) is 46.3 Å². The molecule has 1 saturated heterocycles. The first kappa shape index (κ1) is 13.3. The van der Waals surface area contributed by atoms with Crippen LogP contribution in [0.3, 0.4) is 0 Å². The number of benzene rings is 1. The van der Waals surface area contributed by atoms with Gasteiger partial charge in [-0.05, 0) is 23.6 Å². The summed E-state index contributed by atoms with van der Waals surface area (Å²) in [6.07, 6.45) is 5.05. The Hall–Kier alpha value is -1.71. The van der Waals surface area contributed by atoms with Gasteiger partial charge in [-0.15, -0.1) is 0 Å². The molecule has 0 amide bonds. The molecule has 104 valence electrons. The highest BCUT2D eigenvalue weighted by molar-refractivity contribution is 5.16. The van der Waals surface area contributed by atoms with Crippen molar-refractivity contribution in [1.29, 1.82) is 0 Å². The van der Waals surface area contributed by atoms with Gasteiger partial charge in [0, 0.05) is 32.0 Å². The summed E-state index contributed by atoms with van der Waals surface area (Å²) in [5.41, 5.74) is 2.62. The summed E-state index contributed by atoms with van der Waals surface area (Å²) in [5, 5.41) is 0. The minimum absolute atomic E-state index is 0.294. The summed E-state index contributed by atoms with van der Waals surface area (Å²) in [5.74, 6) is 0. The van der Waals surface area contributed by atoms with Crippen molar-refractivity contribution in [2.24, 2.45) is 0 Å². The van der Waals surface area contributed by atoms with Crippen LogP contribution in [-0.4, -0.2) is 35.7 Å². The highest BCUT2D eigenvalue weighted by Gasteiger charge is 2.20. The van der Waals surface area contributed by atoms with Gasteiger partial charge < -0.3 is 4.74 Å². The molecule has 0 aliphatic carbocycles. The van der Waals surface area contributed by atoms with Crippen molar-refractivity contribution in [1.82, 2.24) is 9.88 Å². The molecule has 1 atom stereocenters. The molecular weight excluding hydrogens is 248 g/mol. The lowest BCUT2D eigenvalue weighted by molar-refractivity contribution is -0.0305. The van der Waals surface area contributed by atoms with Crippen LogP contribution in [0.25, 0.3) is 0 Å². The molecule has 1 aromatic heterocycles. The Bertz CT molecular complexity index is 468. The smallest absolute Gasteiger partial charge is 0.0743 e. The zero-order valence-electron chi connectivity index (χ0n) is 11.6.